The van der Waals surface area contributed by atoms with Crippen molar-refractivity contribution >= 4 is 5.69 Å². The Morgan fingerprint density at radius 3 is 2.42 bits per heavy atom. The van der Waals surface area contributed by atoms with E-state index in [4.69, 9.17) is 0 Å². The van der Waals surface area contributed by atoms with Crippen LogP contribution in [-0.4, -0.2) is 34.1 Å². The van der Waals surface area contributed by atoms with Crippen molar-refractivity contribution in [3.63, 3.8) is 0 Å². The molecule has 0 amide bonds. The Morgan fingerprint density at radius 1 is 1.03 bits per heavy atom. The van der Waals surface area contributed by atoms with E-state index >= 15 is 0 Å². The zero-order chi connectivity index (χ0) is 23.3. The van der Waals surface area contributed by atoms with Gasteiger partial charge in [0.1, 0.15) is 5.82 Å². The molecule has 33 heavy (non-hydrogen) atoms. The van der Waals surface area contributed by atoms with Gasteiger partial charge in [0.15, 0.2) is 0 Å². The fourth-order valence-corrected chi connectivity index (χ4v) is 4.69. The number of aromatic nitrogens is 2. The highest BCUT2D eigenvalue weighted by atomic mass is 19.4. The van der Waals surface area contributed by atoms with Crippen LogP contribution in [0.2, 0.25) is 0 Å². The molecule has 1 aliphatic heterocycles. The van der Waals surface area contributed by atoms with Crippen LogP contribution in [0, 0.1) is 5.82 Å². The molecule has 0 unspecified atom stereocenters. The summed E-state index contributed by atoms with van der Waals surface area (Å²) in [6.45, 7) is 0.803. The van der Waals surface area contributed by atoms with Gasteiger partial charge < -0.3 is 10.0 Å². The summed E-state index contributed by atoms with van der Waals surface area (Å²) in [6.07, 6.45) is -3.01. The highest BCUT2D eigenvalue weighted by Gasteiger charge is 2.36. The number of halogens is 4. The number of hydrogen-bond acceptors (Lipinski definition) is 4. The molecule has 2 aliphatic rings. The lowest BCUT2D eigenvalue weighted by Gasteiger charge is -2.22. The first-order chi connectivity index (χ1) is 15.7. The standard InChI is InChI=1S/C24H21F4N3O2/c25-15-6-4-14(5-7-15)22-18-2-1-3-19(18)23(33)31(29-22)21-12-16(30-11-10-17(32)13-30)8-9-20(21)24(26,27)28/h4-9,12,17,32H,1-3,10-11,13H2/t17-/m0/s1. The minimum absolute atomic E-state index is 0.304. The lowest BCUT2D eigenvalue weighted by atomic mass is 10.0. The number of benzene rings is 2. The molecule has 1 aromatic heterocycles. The number of hydrogen-bond donors (Lipinski definition) is 1. The minimum atomic E-state index is -4.70. The number of alkyl halides is 3. The average Bonchev–Trinajstić information content (AvgIpc) is 3.44. The highest BCUT2D eigenvalue weighted by Crippen LogP contribution is 2.37. The molecule has 2 heterocycles. The lowest BCUT2D eigenvalue weighted by molar-refractivity contribution is -0.137. The van der Waals surface area contributed by atoms with Gasteiger partial charge in [-0.15, -0.1) is 0 Å². The van der Waals surface area contributed by atoms with Crippen molar-refractivity contribution in [3.05, 3.63) is 75.3 Å². The van der Waals surface area contributed by atoms with E-state index in [0.717, 1.165) is 10.7 Å². The van der Waals surface area contributed by atoms with Gasteiger partial charge in [0.05, 0.1) is 23.0 Å². The fraction of sp³-hybridized carbons (Fsp3) is 0.333. The number of rotatable bonds is 3. The number of anilines is 1. The minimum Gasteiger partial charge on any atom is -0.391 e. The van der Waals surface area contributed by atoms with Crippen LogP contribution < -0.4 is 10.5 Å². The van der Waals surface area contributed by atoms with E-state index in [1.54, 1.807) is 4.90 Å². The topological polar surface area (TPSA) is 58.4 Å². The molecule has 3 aromatic rings. The second kappa shape index (κ2) is 7.98. The first-order valence-electron chi connectivity index (χ1n) is 10.8. The normalized spacial score (nSPS) is 18.1. The van der Waals surface area contributed by atoms with Crippen molar-refractivity contribution in [1.82, 2.24) is 9.78 Å². The number of aliphatic hydroxyl groups excluding tert-OH is 1. The largest absolute Gasteiger partial charge is 0.418 e. The summed E-state index contributed by atoms with van der Waals surface area (Å²) < 4.78 is 56.1. The van der Waals surface area contributed by atoms with E-state index in [2.05, 4.69) is 5.10 Å². The van der Waals surface area contributed by atoms with Gasteiger partial charge in [-0.25, -0.2) is 4.39 Å². The molecule has 5 nitrogen and oxygen atoms in total. The Bertz CT molecular complexity index is 1270. The number of β-amino-alcohol motifs (C(OH)–C–C–N with tert-alkyl or cyclic N) is 1. The van der Waals surface area contributed by atoms with Gasteiger partial charge >= 0.3 is 6.18 Å². The van der Waals surface area contributed by atoms with Crippen molar-refractivity contribution in [2.24, 2.45) is 0 Å². The van der Waals surface area contributed by atoms with Crippen molar-refractivity contribution < 1.29 is 22.7 Å². The van der Waals surface area contributed by atoms with Gasteiger partial charge in [-0.2, -0.15) is 23.0 Å². The summed E-state index contributed by atoms with van der Waals surface area (Å²) in [7, 11) is 0. The van der Waals surface area contributed by atoms with Crippen LogP contribution in [-0.2, 0) is 19.0 Å². The van der Waals surface area contributed by atoms with Gasteiger partial charge in [0.2, 0.25) is 0 Å². The van der Waals surface area contributed by atoms with Gasteiger partial charge in [-0.3, -0.25) is 4.79 Å². The van der Waals surface area contributed by atoms with Crippen LogP contribution in [0.1, 0.15) is 29.5 Å². The first-order valence-corrected chi connectivity index (χ1v) is 10.8. The maximum absolute atomic E-state index is 13.9. The van der Waals surface area contributed by atoms with Crippen molar-refractivity contribution in [2.75, 3.05) is 18.0 Å². The predicted octanol–water partition coefficient (Wildman–Crippen LogP) is 4.12. The van der Waals surface area contributed by atoms with Gasteiger partial charge in [-0.05, 0) is 73.7 Å². The molecule has 9 heteroatoms. The van der Waals surface area contributed by atoms with Gasteiger partial charge in [0, 0.05) is 29.9 Å². The second-order valence-electron chi connectivity index (χ2n) is 8.47. The third kappa shape index (κ3) is 3.90. The first kappa shape index (κ1) is 21.6. The fourth-order valence-electron chi connectivity index (χ4n) is 4.69. The molecule has 1 N–H and O–H groups in total. The van der Waals surface area contributed by atoms with E-state index in [9.17, 15) is 27.5 Å². The SMILES string of the molecule is O=c1c2c(c(-c3ccc(F)cc3)nn1-c1cc(N3CC[C@H](O)C3)ccc1C(F)(F)F)CCC2. The molecular formula is C24H21F4N3O2. The Labute approximate surface area is 186 Å². The average molecular weight is 459 g/mol. The number of nitrogens with zero attached hydrogens (tertiary/aromatic N) is 3. The summed E-state index contributed by atoms with van der Waals surface area (Å²) in [4.78, 5) is 15.1. The summed E-state index contributed by atoms with van der Waals surface area (Å²) >= 11 is 0. The predicted molar refractivity (Wildman–Crippen MR) is 115 cm³/mol. The maximum atomic E-state index is 13.9. The van der Waals surface area contributed by atoms with E-state index in [1.807, 2.05) is 0 Å². The molecule has 172 valence electrons. The quantitative estimate of drug-likeness (QED) is 0.599. The van der Waals surface area contributed by atoms with Crippen molar-refractivity contribution in [3.8, 4) is 16.9 Å². The van der Waals surface area contributed by atoms with Crippen LogP contribution in [0.25, 0.3) is 16.9 Å². The Hall–Kier alpha value is -3.20. The van der Waals surface area contributed by atoms with Crippen LogP contribution in [0.15, 0.2) is 47.3 Å². The maximum Gasteiger partial charge on any atom is 0.418 e. The molecule has 1 atom stereocenters. The molecule has 5 rings (SSSR count). The third-order valence-electron chi connectivity index (χ3n) is 6.32. The van der Waals surface area contributed by atoms with E-state index in [-0.39, 0.29) is 5.69 Å². The summed E-state index contributed by atoms with van der Waals surface area (Å²) in [6, 6.07) is 9.15. The van der Waals surface area contributed by atoms with Crippen molar-refractivity contribution in [2.45, 2.75) is 38.0 Å². The molecular weight excluding hydrogens is 438 g/mol. The van der Waals surface area contributed by atoms with Crippen molar-refractivity contribution in [1.29, 1.82) is 0 Å². The Balaban J connectivity index is 1.74. The lowest BCUT2D eigenvalue weighted by Crippen LogP contribution is -2.29. The smallest absolute Gasteiger partial charge is 0.391 e. The monoisotopic (exact) mass is 459 g/mol. The molecule has 0 bridgehead atoms. The van der Waals surface area contributed by atoms with E-state index in [1.165, 1.54) is 36.4 Å². The molecule has 0 radical (unpaired) electrons. The molecule has 1 aliphatic carbocycles. The Morgan fingerprint density at radius 2 is 1.76 bits per heavy atom. The number of aliphatic hydroxyl groups is 1. The van der Waals surface area contributed by atoms with Crippen LogP contribution >= 0.6 is 0 Å². The second-order valence-corrected chi connectivity index (χ2v) is 8.47. The third-order valence-corrected chi connectivity index (χ3v) is 6.32. The van der Waals surface area contributed by atoms with Crippen LogP contribution in [0.4, 0.5) is 23.2 Å². The molecule has 1 saturated heterocycles. The Kier molecular flexibility index (Phi) is 5.23. The summed E-state index contributed by atoms with van der Waals surface area (Å²) in [5.41, 5.74) is 0.653. The molecule has 2 aromatic carbocycles. The summed E-state index contributed by atoms with van der Waals surface area (Å²) in [5.74, 6) is -0.441. The van der Waals surface area contributed by atoms with E-state index in [0.29, 0.717) is 66.8 Å². The summed E-state index contributed by atoms with van der Waals surface area (Å²) in [5, 5.41) is 14.2. The van der Waals surface area contributed by atoms with E-state index < -0.39 is 29.2 Å². The van der Waals surface area contributed by atoms with Gasteiger partial charge in [-0.1, -0.05) is 0 Å². The van der Waals surface area contributed by atoms with Crippen LogP contribution in [0.5, 0.6) is 0 Å². The zero-order valence-corrected chi connectivity index (χ0v) is 17.6. The van der Waals surface area contributed by atoms with Gasteiger partial charge in [0.25, 0.3) is 5.56 Å². The molecule has 1 fully saturated rings. The molecule has 0 spiro atoms. The zero-order valence-electron chi connectivity index (χ0n) is 17.6. The molecule has 0 saturated carbocycles. The highest BCUT2D eigenvalue weighted by molar-refractivity contribution is 5.66. The van der Waals surface area contributed by atoms with Crippen LogP contribution in [0.3, 0.4) is 0 Å². The number of fused-ring (bicyclic) bond motifs is 1.